The Morgan fingerprint density at radius 2 is 1.97 bits per heavy atom. The van der Waals surface area contributed by atoms with Gasteiger partial charge in [0.15, 0.2) is 5.82 Å². The maximum Gasteiger partial charge on any atom is 0.341 e. The van der Waals surface area contributed by atoms with E-state index in [1.54, 1.807) is 4.90 Å². The number of pyridine rings is 1. The highest BCUT2D eigenvalue weighted by Crippen LogP contribution is 2.41. The van der Waals surface area contributed by atoms with Crippen LogP contribution in [0.25, 0.3) is 16.6 Å². The molecule has 0 radical (unpaired) electrons. The molecule has 1 saturated heterocycles. The fourth-order valence-electron chi connectivity index (χ4n) is 3.96. The fourth-order valence-corrected chi connectivity index (χ4v) is 4.35. The largest absolute Gasteiger partial charge is 0.477 e. The molecule has 0 saturated carbocycles. The van der Waals surface area contributed by atoms with Gasteiger partial charge in [-0.1, -0.05) is 11.6 Å². The number of aromatic carboxylic acids is 1. The normalized spacial score (nSPS) is 14.1. The predicted octanol–water partition coefficient (Wildman–Crippen LogP) is 2.15. The zero-order valence-corrected chi connectivity index (χ0v) is 17.6. The van der Waals surface area contributed by atoms with Crippen molar-refractivity contribution in [1.82, 2.24) is 4.57 Å². The summed E-state index contributed by atoms with van der Waals surface area (Å²) in [6, 6.07) is 2.01. The number of rotatable bonds is 4. The molecule has 0 spiro atoms. The highest BCUT2D eigenvalue weighted by atomic mass is 35.5. The average Bonchev–Trinajstić information content (AvgIpc) is 2.72. The van der Waals surface area contributed by atoms with Crippen molar-refractivity contribution in [3.63, 3.8) is 0 Å². The van der Waals surface area contributed by atoms with Gasteiger partial charge in [0.05, 0.1) is 39.6 Å². The summed E-state index contributed by atoms with van der Waals surface area (Å²) in [5.41, 5.74) is 9.77. The molecule has 0 unspecified atom stereocenters. The molecule has 1 fully saturated rings. The van der Waals surface area contributed by atoms with E-state index in [4.69, 9.17) is 23.1 Å². The summed E-state index contributed by atoms with van der Waals surface area (Å²) in [6.07, 6.45) is 1.01. The van der Waals surface area contributed by atoms with Crippen LogP contribution >= 0.6 is 11.6 Å². The number of nitrogens with two attached hydrogens (primary N) is 2. The molecule has 1 aliphatic heterocycles. The molecule has 4 rings (SSSR count). The number of aliphatic hydroxyl groups is 1. The van der Waals surface area contributed by atoms with E-state index < -0.39 is 35.2 Å². The number of halogens is 3. The van der Waals surface area contributed by atoms with Crippen LogP contribution in [0, 0.1) is 18.6 Å². The minimum atomic E-state index is -1.54. The Labute approximate surface area is 185 Å². The van der Waals surface area contributed by atoms with Gasteiger partial charge in [-0.2, -0.15) is 0 Å². The van der Waals surface area contributed by atoms with Crippen LogP contribution in [-0.2, 0) is 6.61 Å². The van der Waals surface area contributed by atoms with Gasteiger partial charge in [-0.15, -0.1) is 0 Å². The van der Waals surface area contributed by atoms with Crippen molar-refractivity contribution in [2.75, 3.05) is 23.7 Å². The van der Waals surface area contributed by atoms with Crippen LogP contribution in [0.1, 0.15) is 21.5 Å². The van der Waals surface area contributed by atoms with Gasteiger partial charge >= 0.3 is 5.97 Å². The van der Waals surface area contributed by atoms with Crippen LogP contribution in [0.4, 0.5) is 20.2 Å². The number of fused-ring (bicyclic) bond motifs is 1. The molecular weight excluding hydrogens is 446 g/mol. The second kappa shape index (κ2) is 7.73. The van der Waals surface area contributed by atoms with Crippen molar-refractivity contribution in [3.05, 3.63) is 61.9 Å². The molecule has 1 aliphatic rings. The number of hydrogen-bond donors (Lipinski definition) is 4. The number of nitrogen functional groups attached to an aromatic ring is 1. The Hall–Kier alpha value is -3.21. The molecule has 11 heteroatoms. The summed E-state index contributed by atoms with van der Waals surface area (Å²) in [5.74, 6) is -3.09. The smallest absolute Gasteiger partial charge is 0.341 e. The van der Waals surface area contributed by atoms with Gasteiger partial charge in [0.2, 0.25) is 5.43 Å². The molecule has 168 valence electrons. The predicted molar refractivity (Wildman–Crippen MR) is 117 cm³/mol. The first kappa shape index (κ1) is 22.0. The average molecular weight is 465 g/mol. The van der Waals surface area contributed by atoms with Crippen molar-refractivity contribution in [2.24, 2.45) is 5.73 Å². The molecule has 0 amide bonds. The summed E-state index contributed by atoms with van der Waals surface area (Å²) < 4.78 is 30.6. The Balaban J connectivity index is 2.21. The van der Waals surface area contributed by atoms with Crippen LogP contribution in [0.15, 0.2) is 23.1 Å². The molecule has 2 aromatic carbocycles. The Bertz CT molecular complexity index is 1350. The quantitative estimate of drug-likeness (QED) is 0.434. The van der Waals surface area contributed by atoms with Gasteiger partial charge in [-0.25, -0.2) is 13.6 Å². The third-order valence-corrected chi connectivity index (χ3v) is 5.98. The summed E-state index contributed by atoms with van der Waals surface area (Å²) in [5, 5.41) is 19.0. The van der Waals surface area contributed by atoms with Crippen LogP contribution in [0.5, 0.6) is 0 Å². The highest BCUT2D eigenvalue weighted by molar-refractivity contribution is 6.38. The number of carboxylic acid groups (broad SMARTS) is 1. The second-order valence-electron chi connectivity index (χ2n) is 7.70. The molecule has 8 nitrogen and oxygen atoms in total. The number of carbonyl (C=O) groups is 1. The maximum atomic E-state index is 15.3. The van der Waals surface area contributed by atoms with Crippen molar-refractivity contribution in [2.45, 2.75) is 19.6 Å². The zero-order valence-electron chi connectivity index (χ0n) is 16.8. The van der Waals surface area contributed by atoms with Crippen molar-refractivity contribution in [3.8, 4) is 5.69 Å². The zero-order chi connectivity index (χ0) is 23.5. The van der Waals surface area contributed by atoms with Gasteiger partial charge < -0.3 is 31.1 Å². The summed E-state index contributed by atoms with van der Waals surface area (Å²) in [4.78, 5) is 26.4. The fraction of sp³-hybridized carbons (Fsp3) is 0.238. The van der Waals surface area contributed by atoms with Gasteiger partial charge in [-0.05, 0) is 19.1 Å². The Morgan fingerprint density at radius 1 is 1.31 bits per heavy atom. The maximum absolute atomic E-state index is 15.3. The van der Waals surface area contributed by atoms with E-state index in [0.717, 1.165) is 12.3 Å². The number of carboxylic acids is 1. The number of aromatic nitrogens is 1. The lowest BCUT2D eigenvalue weighted by molar-refractivity contribution is 0.0695. The van der Waals surface area contributed by atoms with E-state index in [2.05, 4.69) is 0 Å². The van der Waals surface area contributed by atoms with E-state index in [0.29, 0.717) is 13.1 Å². The Kier molecular flexibility index (Phi) is 5.32. The standard InChI is InChI=1S/C21H19ClF2N4O4/c1-8-15-18(16(22)19(17(8)24)27-4-10(25)5-27)28(6-11(20(15)30)21(31)32)14-3-13(26)12(23)2-9(14)7-29/h2-3,6,10,29H,4-5,7,25-26H2,1H3,(H,31,32). The lowest BCUT2D eigenvalue weighted by Gasteiger charge is -2.40. The van der Waals surface area contributed by atoms with E-state index >= 15 is 4.39 Å². The number of nitrogens with zero attached hydrogens (tertiary/aromatic N) is 2. The lowest BCUT2D eigenvalue weighted by Crippen LogP contribution is -2.56. The number of anilines is 2. The third-order valence-electron chi connectivity index (χ3n) is 5.62. The number of aliphatic hydroxyl groups excluding tert-OH is 1. The van der Waals surface area contributed by atoms with E-state index in [1.165, 1.54) is 17.6 Å². The van der Waals surface area contributed by atoms with Gasteiger partial charge in [0.25, 0.3) is 0 Å². The molecule has 32 heavy (non-hydrogen) atoms. The van der Waals surface area contributed by atoms with E-state index in [9.17, 15) is 24.2 Å². The lowest BCUT2D eigenvalue weighted by atomic mass is 10.0. The molecule has 0 atom stereocenters. The molecule has 0 aliphatic carbocycles. The van der Waals surface area contributed by atoms with Crippen LogP contribution in [0.2, 0.25) is 5.02 Å². The number of hydrogen-bond acceptors (Lipinski definition) is 6. The van der Waals surface area contributed by atoms with Crippen molar-refractivity contribution in [1.29, 1.82) is 0 Å². The minimum absolute atomic E-state index is 0.0109. The van der Waals surface area contributed by atoms with Gasteiger partial charge in [0.1, 0.15) is 11.4 Å². The van der Waals surface area contributed by atoms with Gasteiger partial charge in [0, 0.05) is 36.5 Å². The van der Waals surface area contributed by atoms with Gasteiger partial charge in [-0.3, -0.25) is 4.79 Å². The molecular formula is C21H19ClF2N4O4. The van der Waals surface area contributed by atoms with E-state index in [1.807, 2.05) is 0 Å². The molecule has 2 heterocycles. The van der Waals surface area contributed by atoms with E-state index in [-0.39, 0.29) is 50.2 Å². The summed E-state index contributed by atoms with van der Waals surface area (Å²) in [6.45, 7) is 1.41. The SMILES string of the molecule is Cc1c(F)c(N2CC(N)C2)c(Cl)c2c1c(=O)c(C(=O)O)cn2-c1cc(N)c(F)cc1CO. The first-order valence-electron chi connectivity index (χ1n) is 9.56. The second-order valence-corrected chi connectivity index (χ2v) is 8.08. The molecule has 6 N–H and O–H groups in total. The Morgan fingerprint density at radius 3 is 2.53 bits per heavy atom. The highest BCUT2D eigenvalue weighted by Gasteiger charge is 2.32. The molecule has 1 aromatic heterocycles. The first-order chi connectivity index (χ1) is 15.1. The summed E-state index contributed by atoms with van der Waals surface area (Å²) in [7, 11) is 0. The minimum Gasteiger partial charge on any atom is -0.477 e. The van der Waals surface area contributed by atoms with Crippen molar-refractivity contribution >= 4 is 39.8 Å². The molecule has 3 aromatic rings. The first-order valence-corrected chi connectivity index (χ1v) is 9.94. The van der Waals surface area contributed by atoms with Crippen LogP contribution in [-0.4, -0.2) is 39.9 Å². The number of aryl methyl sites for hydroxylation is 1. The summed E-state index contributed by atoms with van der Waals surface area (Å²) >= 11 is 6.60. The van der Waals surface area contributed by atoms with Crippen LogP contribution in [0.3, 0.4) is 0 Å². The number of benzene rings is 2. The van der Waals surface area contributed by atoms with Crippen LogP contribution < -0.4 is 21.8 Å². The topological polar surface area (TPSA) is 135 Å². The van der Waals surface area contributed by atoms with Crippen molar-refractivity contribution < 1.29 is 23.8 Å². The molecule has 0 bridgehead atoms. The third kappa shape index (κ3) is 3.19. The monoisotopic (exact) mass is 464 g/mol.